The Balaban J connectivity index is 1.47. The van der Waals surface area contributed by atoms with Crippen molar-refractivity contribution in [3.05, 3.63) is 29.6 Å². The Morgan fingerprint density at radius 2 is 1.96 bits per heavy atom. The van der Waals surface area contributed by atoms with Crippen molar-refractivity contribution in [1.82, 2.24) is 14.8 Å². The molecule has 0 bridgehead atoms. The maximum absolute atomic E-state index is 13.4. The van der Waals surface area contributed by atoms with Gasteiger partial charge in [-0.05, 0) is 44.2 Å². The van der Waals surface area contributed by atoms with Crippen LogP contribution in [-0.4, -0.2) is 52.3 Å². The van der Waals surface area contributed by atoms with Crippen molar-refractivity contribution in [2.45, 2.75) is 57.4 Å². The Bertz CT molecular complexity index is 763. The van der Waals surface area contributed by atoms with E-state index in [-0.39, 0.29) is 11.8 Å². The number of rotatable bonds is 2. The Labute approximate surface area is 160 Å². The molecule has 1 aromatic rings. The van der Waals surface area contributed by atoms with E-state index in [4.69, 9.17) is 5.26 Å². The van der Waals surface area contributed by atoms with Gasteiger partial charge in [0, 0.05) is 31.9 Å². The lowest BCUT2D eigenvalue weighted by Gasteiger charge is -2.44. The molecule has 1 aliphatic carbocycles. The fraction of sp³-hybridized carbons (Fsp3) is 0.619. The molecule has 142 valence electrons. The van der Waals surface area contributed by atoms with E-state index in [1.165, 1.54) is 25.5 Å². The van der Waals surface area contributed by atoms with E-state index in [9.17, 15) is 9.59 Å². The van der Waals surface area contributed by atoms with Gasteiger partial charge in [-0.3, -0.25) is 9.59 Å². The maximum Gasteiger partial charge on any atom is 0.255 e. The lowest BCUT2D eigenvalue weighted by atomic mass is 9.77. The smallest absolute Gasteiger partial charge is 0.255 e. The molecule has 4 rings (SSSR count). The van der Waals surface area contributed by atoms with Crippen LogP contribution in [0.3, 0.4) is 0 Å². The van der Waals surface area contributed by atoms with Gasteiger partial charge in [-0.25, -0.2) is 4.98 Å². The molecule has 3 heterocycles. The fourth-order valence-electron chi connectivity index (χ4n) is 5.04. The number of nitriles is 1. The largest absolute Gasteiger partial charge is 0.339 e. The first-order valence-electron chi connectivity index (χ1n) is 10.1. The van der Waals surface area contributed by atoms with E-state index in [1.54, 1.807) is 17.0 Å². The number of hydrogen-bond acceptors (Lipinski definition) is 4. The number of likely N-dealkylation sites (tertiary alicyclic amines) is 2. The van der Waals surface area contributed by atoms with Crippen molar-refractivity contribution in [3.8, 4) is 6.07 Å². The molecular weight excluding hydrogens is 340 g/mol. The van der Waals surface area contributed by atoms with Crippen molar-refractivity contribution in [2.75, 3.05) is 19.6 Å². The molecule has 6 nitrogen and oxygen atoms in total. The van der Waals surface area contributed by atoms with E-state index in [0.29, 0.717) is 30.4 Å². The van der Waals surface area contributed by atoms with Gasteiger partial charge in [-0.1, -0.05) is 19.3 Å². The van der Waals surface area contributed by atoms with E-state index in [0.717, 1.165) is 38.6 Å². The molecule has 0 N–H and O–H groups in total. The molecule has 2 aliphatic heterocycles. The van der Waals surface area contributed by atoms with Crippen LogP contribution in [0.2, 0.25) is 0 Å². The van der Waals surface area contributed by atoms with Crippen LogP contribution in [0, 0.1) is 16.7 Å². The number of amides is 2. The zero-order chi connectivity index (χ0) is 18.9. The fourth-order valence-corrected chi connectivity index (χ4v) is 5.04. The summed E-state index contributed by atoms with van der Waals surface area (Å²) >= 11 is 0. The molecule has 6 heteroatoms. The summed E-state index contributed by atoms with van der Waals surface area (Å²) < 4.78 is 0. The summed E-state index contributed by atoms with van der Waals surface area (Å²) in [5, 5.41) is 8.86. The first-order chi connectivity index (χ1) is 13.1. The average Bonchev–Trinajstić information content (AvgIpc) is 3.15. The number of carbonyl (C=O) groups is 2. The van der Waals surface area contributed by atoms with Gasteiger partial charge in [-0.15, -0.1) is 0 Å². The predicted molar refractivity (Wildman–Crippen MR) is 99.7 cm³/mol. The molecule has 1 saturated carbocycles. The zero-order valence-electron chi connectivity index (χ0n) is 15.7. The highest BCUT2D eigenvalue weighted by Gasteiger charge is 2.50. The lowest BCUT2D eigenvalue weighted by Crippen LogP contribution is -2.54. The highest BCUT2D eigenvalue weighted by atomic mass is 16.2. The zero-order valence-corrected chi connectivity index (χ0v) is 15.7. The van der Waals surface area contributed by atoms with Gasteiger partial charge in [-0.2, -0.15) is 5.26 Å². The minimum absolute atomic E-state index is 0.0912. The summed E-state index contributed by atoms with van der Waals surface area (Å²) in [6.07, 6.45) is 10.1. The van der Waals surface area contributed by atoms with Crippen LogP contribution in [0.15, 0.2) is 18.3 Å². The Kier molecular flexibility index (Phi) is 4.86. The third-order valence-electron chi connectivity index (χ3n) is 6.55. The van der Waals surface area contributed by atoms with E-state index in [1.807, 2.05) is 6.07 Å². The molecule has 0 unspecified atom stereocenters. The highest BCUT2D eigenvalue weighted by molar-refractivity contribution is 5.95. The monoisotopic (exact) mass is 366 g/mol. The van der Waals surface area contributed by atoms with Crippen LogP contribution in [0.25, 0.3) is 0 Å². The van der Waals surface area contributed by atoms with Crippen LogP contribution in [0.4, 0.5) is 0 Å². The van der Waals surface area contributed by atoms with Crippen molar-refractivity contribution in [3.63, 3.8) is 0 Å². The molecular formula is C21H26N4O2. The van der Waals surface area contributed by atoms with Crippen LogP contribution < -0.4 is 0 Å². The number of piperidine rings is 1. The van der Waals surface area contributed by atoms with Gasteiger partial charge in [0.25, 0.3) is 5.91 Å². The third kappa shape index (κ3) is 3.31. The van der Waals surface area contributed by atoms with Gasteiger partial charge in [0.15, 0.2) is 0 Å². The molecule has 1 spiro atoms. The second kappa shape index (κ2) is 7.30. The Morgan fingerprint density at radius 3 is 2.67 bits per heavy atom. The lowest BCUT2D eigenvalue weighted by molar-refractivity contribution is -0.149. The Hall–Kier alpha value is -2.42. The average molecular weight is 366 g/mol. The van der Waals surface area contributed by atoms with Gasteiger partial charge < -0.3 is 9.80 Å². The Morgan fingerprint density at radius 1 is 1.15 bits per heavy atom. The summed E-state index contributed by atoms with van der Waals surface area (Å²) in [6, 6.07) is 5.58. The molecule has 2 saturated heterocycles. The van der Waals surface area contributed by atoms with E-state index < -0.39 is 5.41 Å². The molecule has 0 aromatic carbocycles. The second-order valence-corrected chi connectivity index (χ2v) is 8.19. The van der Waals surface area contributed by atoms with Gasteiger partial charge in [0.05, 0.1) is 11.0 Å². The molecule has 2 amide bonds. The highest BCUT2D eigenvalue weighted by Crippen LogP contribution is 2.42. The number of aromatic nitrogens is 1. The van der Waals surface area contributed by atoms with Crippen molar-refractivity contribution < 1.29 is 9.59 Å². The first kappa shape index (κ1) is 18.0. The quantitative estimate of drug-likeness (QED) is 0.806. The standard InChI is InChI=1S/C21H26N4O2/c22-13-17-8-7-16(14-23-17)19(26)24-12-10-21(15-24)9-4-11-25(20(21)27)18-5-2-1-3-6-18/h7-8,14,18H,1-6,9-12,15H2/t21-/m1/s1. The topological polar surface area (TPSA) is 77.3 Å². The summed E-state index contributed by atoms with van der Waals surface area (Å²) in [5.74, 6) is 0.181. The van der Waals surface area contributed by atoms with Gasteiger partial charge >= 0.3 is 0 Å². The summed E-state index contributed by atoms with van der Waals surface area (Å²) in [6.45, 7) is 2.00. The van der Waals surface area contributed by atoms with Crippen LogP contribution in [0.1, 0.15) is 67.4 Å². The minimum atomic E-state index is -0.397. The third-order valence-corrected chi connectivity index (χ3v) is 6.55. The normalized spacial score (nSPS) is 26.4. The minimum Gasteiger partial charge on any atom is -0.339 e. The number of hydrogen-bond donors (Lipinski definition) is 0. The number of nitrogens with zero attached hydrogens (tertiary/aromatic N) is 4. The summed E-state index contributed by atoms with van der Waals surface area (Å²) in [5.41, 5.74) is 0.388. The van der Waals surface area contributed by atoms with Crippen LogP contribution >= 0.6 is 0 Å². The molecule has 3 fully saturated rings. The molecule has 27 heavy (non-hydrogen) atoms. The molecule has 0 radical (unpaired) electrons. The SMILES string of the molecule is N#Cc1ccc(C(=O)N2CC[C@]3(CCCN(C4CCCCC4)C3=O)C2)cn1. The van der Waals surface area contributed by atoms with Gasteiger partial charge in [0.2, 0.25) is 5.91 Å². The first-order valence-corrected chi connectivity index (χ1v) is 10.1. The molecule has 3 aliphatic rings. The van der Waals surface area contributed by atoms with Crippen molar-refractivity contribution in [1.29, 1.82) is 5.26 Å². The van der Waals surface area contributed by atoms with Crippen LogP contribution in [0.5, 0.6) is 0 Å². The van der Waals surface area contributed by atoms with Crippen LogP contribution in [-0.2, 0) is 4.79 Å². The van der Waals surface area contributed by atoms with Gasteiger partial charge in [0.1, 0.15) is 11.8 Å². The predicted octanol–water partition coefficient (Wildman–Crippen LogP) is 2.74. The summed E-state index contributed by atoms with van der Waals surface area (Å²) in [4.78, 5) is 34.2. The van der Waals surface area contributed by atoms with E-state index in [2.05, 4.69) is 9.88 Å². The summed E-state index contributed by atoms with van der Waals surface area (Å²) in [7, 11) is 0. The van der Waals surface area contributed by atoms with E-state index >= 15 is 0 Å². The second-order valence-electron chi connectivity index (χ2n) is 8.19. The number of pyridine rings is 1. The number of carbonyl (C=O) groups excluding carboxylic acids is 2. The van der Waals surface area contributed by atoms with Crippen molar-refractivity contribution >= 4 is 11.8 Å². The van der Waals surface area contributed by atoms with Crippen molar-refractivity contribution in [2.24, 2.45) is 5.41 Å². The molecule has 1 atom stereocenters. The molecule has 1 aromatic heterocycles. The maximum atomic E-state index is 13.4.